The van der Waals surface area contributed by atoms with Gasteiger partial charge in [-0.3, -0.25) is 0 Å². The molecule has 23 heavy (non-hydrogen) atoms. The van der Waals surface area contributed by atoms with Crippen molar-refractivity contribution in [3.63, 3.8) is 0 Å². The minimum Gasteiger partial charge on any atom is -0.376 e. The summed E-state index contributed by atoms with van der Waals surface area (Å²) in [6, 6.07) is 0.0382. The van der Waals surface area contributed by atoms with Crippen molar-refractivity contribution in [2.75, 3.05) is 19.7 Å². The van der Waals surface area contributed by atoms with E-state index in [1.165, 1.54) is 12.8 Å². The molecule has 1 aliphatic carbocycles. The number of piperidine rings is 1. The normalized spacial score (nSPS) is 32.1. The van der Waals surface area contributed by atoms with E-state index < -0.39 is 0 Å². The van der Waals surface area contributed by atoms with Crippen LogP contribution in [0.1, 0.15) is 59.3 Å². The molecule has 1 saturated heterocycles. The van der Waals surface area contributed by atoms with E-state index >= 15 is 0 Å². The first-order valence-electron chi connectivity index (χ1n) is 9.44. The SMILES string of the molecule is CCNC(=O)N1CCCC(N)[C@@H]1CO[C@H]1CC[C@@H](C(C)C)CC1. The van der Waals surface area contributed by atoms with E-state index in [0.29, 0.717) is 19.3 Å². The van der Waals surface area contributed by atoms with Crippen molar-refractivity contribution in [1.29, 1.82) is 0 Å². The van der Waals surface area contributed by atoms with Crippen LogP contribution in [-0.4, -0.2) is 48.8 Å². The Morgan fingerprint density at radius 3 is 2.57 bits per heavy atom. The van der Waals surface area contributed by atoms with Crippen molar-refractivity contribution < 1.29 is 9.53 Å². The zero-order valence-electron chi connectivity index (χ0n) is 15.1. The standard InChI is InChI=1S/C18H35N3O2/c1-4-20-18(22)21-11-5-6-16(19)17(21)12-23-15-9-7-14(8-10-15)13(2)3/h13-17H,4-12,19H2,1-3H3,(H,20,22)/t14-,15+,16?,17-/m0/s1. The van der Waals surface area contributed by atoms with Crippen LogP contribution in [0.2, 0.25) is 0 Å². The lowest BCUT2D eigenvalue weighted by atomic mass is 9.80. The van der Waals surface area contributed by atoms with Crippen molar-refractivity contribution in [3.8, 4) is 0 Å². The highest BCUT2D eigenvalue weighted by Crippen LogP contribution is 2.31. The average Bonchev–Trinajstić information content (AvgIpc) is 2.54. The molecular formula is C18H35N3O2. The number of carbonyl (C=O) groups excluding carboxylic acids is 1. The van der Waals surface area contributed by atoms with Crippen LogP contribution in [0, 0.1) is 11.8 Å². The number of nitrogens with zero attached hydrogens (tertiary/aromatic N) is 1. The predicted molar refractivity (Wildman–Crippen MR) is 93.3 cm³/mol. The third kappa shape index (κ3) is 5.08. The molecule has 2 rings (SSSR count). The number of nitrogens with two attached hydrogens (primary N) is 1. The molecule has 3 N–H and O–H groups in total. The van der Waals surface area contributed by atoms with Gasteiger partial charge in [-0.2, -0.15) is 0 Å². The lowest BCUT2D eigenvalue weighted by Crippen LogP contribution is -2.58. The summed E-state index contributed by atoms with van der Waals surface area (Å²) in [6.45, 7) is 8.59. The lowest BCUT2D eigenvalue weighted by molar-refractivity contribution is -0.0227. The molecule has 2 amide bonds. The van der Waals surface area contributed by atoms with Gasteiger partial charge in [0.25, 0.3) is 0 Å². The molecule has 2 aliphatic rings. The molecule has 0 aromatic heterocycles. The smallest absolute Gasteiger partial charge is 0.317 e. The van der Waals surface area contributed by atoms with Crippen molar-refractivity contribution in [2.24, 2.45) is 17.6 Å². The van der Waals surface area contributed by atoms with Gasteiger partial charge in [0.05, 0.1) is 18.8 Å². The summed E-state index contributed by atoms with van der Waals surface area (Å²) in [4.78, 5) is 14.1. The van der Waals surface area contributed by atoms with Crippen LogP contribution in [0.4, 0.5) is 4.79 Å². The second kappa shape index (κ2) is 8.88. The monoisotopic (exact) mass is 325 g/mol. The fourth-order valence-electron chi connectivity index (χ4n) is 3.96. The maximum absolute atomic E-state index is 12.2. The molecule has 5 nitrogen and oxygen atoms in total. The van der Waals surface area contributed by atoms with E-state index in [9.17, 15) is 4.79 Å². The molecular weight excluding hydrogens is 290 g/mol. The Kier molecular flexibility index (Phi) is 7.15. The summed E-state index contributed by atoms with van der Waals surface area (Å²) in [7, 11) is 0. The maximum atomic E-state index is 12.2. The number of nitrogens with one attached hydrogen (secondary N) is 1. The highest BCUT2D eigenvalue weighted by molar-refractivity contribution is 5.74. The number of hydrogen-bond acceptors (Lipinski definition) is 3. The average molecular weight is 325 g/mol. The number of urea groups is 1. The summed E-state index contributed by atoms with van der Waals surface area (Å²) in [6.07, 6.45) is 7.12. The molecule has 1 aliphatic heterocycles. The molecule has 2 fully saturated rings. The minimum absolute atomic E-state index is 0.000217. The summed E-state index contributed by atoms with van der Waals surface area (Å²) < 4.78 is 6.18. The highest BCUT2D eigenvalue weighted by Gasteiger charge is 2.33. The van der Waals surface area contributed by atoms with E-state index in [1.54, 1.807) is 0 Å². The highest BCUT2D eigenvalue weighted by atomic mass is 16.5. The Bertz CT molecular complexity index is 367. The van der Waals surface area contributed by atoms with Crippen LogP contribution in [0.25, 0.3) is 0 Å². The number of carbonyl (C=O) groups is 1. The fourth-order valence-corrected chi connectivity index (χ4v) is 3.96. The second-order valence-electron chi connectivity index (χ2n) is 7.52. The summed E-state index contributed by atoms with van der Waals surface area (Å²) >= 11 is 0. The molecule has 0 bridgehead atoms. The Morgan fingerprint density at radius 2 is 1.96 bits per heavy atom. The number of likely N-dealkylation sites (tertiary alicyclic amines) is 1. The van der Waals surface area contributed by atoms with Crippen molar-refractivity contribution in [1.82, 2.24) is 10.2 Å². The van der Waals surface area contributed by atoms with Gasteiger partial charge in [-0.15, -0.1) is 0 Å². The molecule has 2 atom stereocenters. The van der Waals surface area contributed by atoms with Gasteiger partial charge in [-0.05, 0) is 57.3 Å². The Morgan fingerprint density at radius 1 is 1.26 bits per heavy atom. The van der Waals surface area contributed by atoms with E-state index in [0.717, 1.165) is 44.1 Å². The van der Waals surface area contributed by atoms with Crippen LogP contribution >= 0.6 is 0 Å². The number of ether oxygens (including phenoxy) is 1. The minimum atomic E-state index is -0.000217. The summed E-state index contributed by atoms with van der Waals surface area (Å²) in [5.74, 6) is 1.62. The quantitative estimate of drug-likeness (QED) is 0.817. The second-order valence-corrected chi connectivity index (χ2v) is 7.52. The van der Waals surface area contributed by atoms with Gasteiger partial charge in [-0.25, -0.2) is 4.79 Å². The van der Waals surface area contributed by atoms with Crippen LogP contribution < -0.4 is 11.1 Å². The van der Waals surface area contributed by atoms with E-state index in [4.69, 9.17) is 10.5 Å². The van der Waals surface area contributed by atoms with Gasteiger partial charge in [0.15, 0.2) is 0 Å². The third-order valence-electron chi connectivity index (χ3n) is 5.58. The first kappa shape index (κ1) is 18.5. The summed E-state index contributed by atoms with van der Waals surface area (Å²) in [5, 5.41) is 2.90. The van der Waals surface area contributed by atoms with Crippen molar-refractivity contribution in [3.05, 3.63) is 0 Å². The van der Waals surface area contributed by atoms with Crippen LogP contribution in [0.15, 0.2) is 0 Å². The van der Waals surface area contributed by atoms with Gasteiger partial charge in [0.1, 0.15) is 0 Å². The first-order valence-corrected chi connectivity index (χ1v) is 9.44. The van der Waals surface area contributed by atoms with Gasteiger partial charge >= 0.3 is 6.03 Å². The van der Waals surface area contributed by atoms with Gasteiger partial charge < -0.3 is 20.7 Å². The maximum Gasteiger partial charge on any atom is 0.317 e. The van der Waals surface area contributed by atoms with Crippen molar-refractivity contribution in [2.45, 2.75) is 77.5 Å². The number of hydrogen-bond donors (Lipinski definition) is 2. The third-order valence-corrected chi connectivity index (χ3v) is 5.58. The lowest BCUT2D eigenvalue weighted by Gasteiger charge is -2.40. The Labute approximate surface area is 141 Å². The van der Waals surface area contributed by atoms with Crippen LogP contribution in [0.5, 0.6) is 0 Å². The van der Waals surface area contributed by atoms with Crippen LogP contribution in [0.3, 0.4) is 0 Å². The molecule has 0 spiro atoms. The molecule has 134 valence electrons. The topological polar surface area (TPSA) is 67.6 Å². The van der Waals surface area contributed by atoms with Gasteiger partial charge in [0.2, 0.25) is 0 Å². The Balaban J connectivity index is 1.83. The molecule has 1 unspecified atom stereocenters. The number of rotatable bonds is 5. The van der Waals surface area contributed by atoms with E-state index in [1.807, 2.05) is 11.8 Å². The summed E-state index contributed by atoms with van der Waals surface area (Å²) in [5.41, 5.74) is 6.28. The molecule has 0 radical (unpaired) electrons. The van der Waals surface area contributed by atoms with Gasteiger partial charge in [0, 0.05) is 19.1 Å². The van der Waals surface area contributed by atoms with Gasteiger partial charge in [-0.1, -0.05) is 13.8 Å². The number of amides is 2. The van der Waals surface area contributed by atoms with E-state index in [-0.39, 0.29) is 18.1 Å². The largest absolute Gasteiger partial charge is 0.376 e. The molecule has 1 saturated carbocycles. The van der Waals surface area contributed by atoms with E-state index in [2.05, 4.69) is 19.2 Å². The van der Waals surface area contributed by atoms with Crippen LogP contribution in [-0.2, 0) is 4.74 Å². The molecule has 1 heterocycles. The zero-order valence-corrected chi connectivity index (χ0v) is 15.1. The molecule has 5 heteroatoms. The Hall–Kier alpha value is -0.810. The first-order chi connectivity index (χ1) is 11.0. The predicted octanol–water partition coefficient (Wildman–Crippen LogP) is 2.74. The fraction of sp³-hybridized carbons (Fsp3) is 0.944. The molecule has 0 aromatic carbocycles. The molecule has 0 aromatic rings. The zero-order chi connectivity index (χ0) is 16.8. The van der Waals surface area contributed by atoms with Crippen molar-refractivity contribution >= 4 is 6.03 Å².